The summed E-state index contributed by atoms with van der Waals surface area (Å²) in [5.74, 6) is 0.198. The van der Waals surface area contributed by atoms with Gasteiger partial charge in [-0.25, -0.2) is 23.1 Å². The summed E-state index contributed by atoms with van der Waals surface area (Å²) in [6, 6.07) is 6.27. The number of hydrogen-bond acceptors (Lipinski definition) is 8. The van der Waals surface area contributed by atoms with Gasteiger partial charge >= 0.3 is 5.97 Å². The molecule has 2 fully saturated rings. The van der Waals surface area contributed by atoms with E-state index < -0.39 is 17.6 Å². The molecule has 0 aliphatic carbocycles. The third-order valence-corrected chi connectivity index (χ3v) is 6.01. The van der Waals surface area contributed by atoms with Gasteiger partial charge in [-0.05, 0) is 50.1 Å². The van der Waals surface area contributed by atoms with E-state index in [4.69, 9.17) is 14.5 Å². The minimum atomic E-state index is -0.411. The lowest BCUT2D eigenvalue weighted by Crippen LogP contribution is -2.39. The number of nitrogens with one attached hydrogen (secondary N) is 1. The second-order valence-electron chi connectivity index (χ2n) is 8.51. The average Bonchev–Trinajstić information content (AvgIpc) is 3.61. The molecule has 9 nitrogen and oxygen atoms in total. The minimum Gasteiger partial charge on any atom is -0.462 e. The fourth-order valence-corrected chi connectivity index (χ4v) is 4.14. The van der Waals surface area contributed by atoms with E-state index in [2.05, 4.69) is 20.2 Å². The molecule has 2 aliphatic rings. The van der Waals surface area contributed by atoms with E-state index in [9.17, 15) is 13.6 Å². The van der Waals surface area contributed by atoms with Gasteiger partial charge in [0, 0.05) is 46.9 Å². The monoisotopic (exact) mass is 534 g/mol. The Hall–Kier alpha value is -3.31. The van der Waals surface area contributed by atoms with Crippen molar-refractivity contribution in [2.24, 2.45) is 0 Å². The van der Waals surface area contributed by atoms with E-state index >= 15 is 0 Å². The number of aromatic nitrogens is 3. The van der Waals surface area contributed by atoms with Crippen LogP contribution in [0.25, 0.3) is 5.65 Å². The van der Waals surface area contributed by atoms with E-state index in [0.29, 0.717) is 30.2 Å². The molecule has 1 N–H and O–H groups in total. The molecule has 0 amide bonds. The zero-order chi connectivity index (χ0) is 27.3. The Labute approximate surface area is 224 Å². The molecule has 2 aliphatic heterocycles. The molecular formula is C27H40F2N6O3. The summed E-state index contributed by atoms with van der Waals surface area (Å²) >= 11 is 0. The highest BCUT2D eigenvalue weighted by molar-refractivity contribution is 6.01. The van der Waals surface area contributed by atoms with Gasteiger partial charge < -0.3 is 19.7 Å². The van der Waals surface area contributed by atoms with Crippen LogP contribution in [0.15, 0.2) is 36.5 Å². The van der Waals surface area contributed by atoms with Gasteiger partial charge in [-0.1, -0.05) is 13.8 Å². The van der Waals surface area contributed by atoms with Crippen molar-refractivity contribution in [3.8, 4) is 0 Å². The Balaban J connectivity index is 0.000000414. The van der Waals surface area contributed by atoms with Crippen LogP contribution in [-0.2, 0) is 9.47 Å². The second kappa shape index (κ2) is 15.2. The summed E-state index contributed by atoms with van der Waals surface area (Å²) in [4.78, 5) is 22.0. The first-order valence-corrected chi connectivity index (χ1v) is 13.3. The number of morpholine rings is 1. The highest BCUT2D eigenvalue weighted by Crippen LogP contribution is 2.24. The lowest BCUT2D eigenvalue weighted by Gasteiger charge is -2.26. The summed E-state index contributed by atoms with van der Waals surface area (Å²) < 4.78 is 36.2. The van der Waals surface area contributed by atoms with Gasteiger partial charge in [-0.15, -0.1) is 5.10 Å². The van der Waals surface area contributed by atoms with Gasteiger partial charge in [0.25, 0.3) is 0 Å². The second-order valence-corrected chi connectivity index (χ2v) is 8.51. The Morgan fingerprint density at radius 1 is 1.05 bits per heavy atom. The quantitative estimate of drug-likeness (QED) is 0.444. The summed E-state index contributed by atoms with van der Waals surface area (Å²) in [6.07, 6.45) is 4.21. The van der Waals surface area contributed by atoms with Gasteiger partial charge in [0.15, 0.2) is 11.5 Å². The van der Waals surface area contributed by atoms with Gasteiger partial charge in [0.1, 0.15) is 23.0 Å². The molecule has 2 saturated heterocycles. The molecule has 0 spiro atoms. The molecule has 5 rings (SSSR count). The van der Waals surface area contributed by atoms with Crippen molar-refractivity contribution in [1.29, 1.82) is 0 Å². The van der Waals surface area contributed by atoms with Crippen molar-refractivity contribution in [3.05, 3.63) is 53.7 Å². The number of ether oxygens (including phenoxy) is 2. The van der Waals surface area contributed by atoms with Crippen molar-refractivity contribution in [3.63, 3.8) is 0 Å². The highest BCUT2D eigenvalue weighted by atomic mass is 19.1. The molecule has 38 heavy (non-hydrogen) atoms. The van der Waals surface area contributed by atoms with Crippen molar-refractivity contribution >= 4 is 23.3 Å². The SMILES string of the molecule is CC.CCOC(=O)c1c(NCCN2CCOCC2)nn2ccc(N3CCCC3)nc12.Fc1ccc(F)cc1.[HH]. The molecule has 0 radical (unpaired) electrons. The van der Waals surface area contributed by atoms with Gasteiger partial charge in [0.2, 0.25) is 0 Å². The number of esters is 1. The first-order valence-electron chi connectivity index (χ1n) is 13.3. The van der Waals surface area contributed by atoms with E-state index in [-0.39, 0.29) is 1.43 Å². The molecule has 210 valence electrons. The van der Waals surface area contributed by atoms with Crippen molar-refractivity contribution in [2.75, 3.05) is 69.3 Å². The number of carbonyl (C=O) groups excluding carboxylic acids is 1. The topological polar surface area (TPSA) is 84.2 Å². The molecule has 4 heterocycles. The standard InChI is InChI=1S/C19H28N6O3.C6H4F2.C2H6.H2/c1-2-28-19(26)16-17(20-6-10-23-11-13-27-14-12-23)22-25-9-5-15(21-18(16)25)24-7-3-4-8-24;7-5-1-2-6(8)4-3-5;1-2;/h5,9H,2-4,6-8,10-14H2,1H3,(H,20,22);1-4H;1-2H3;1H. The zero-order valence-electron chi connectivity index (χ0n) is 22.5. The van der Waals surface area contributed by atoms with Crippen LogP contribution in [0.1, 0.15) is 45.4 Å². The molecular weight excluding hydrogens is 494 g/mol. The van der Waals surface area contributed by atoms with Gasteiger partial charge in [-0.3, -0.25) is 4.90 Å². The van der Waals surface area contributed by atoms with Gasteiger partial charge in [-0.2, -0.15) is 0 Å². The lowest BCUT2D eigenvalue weighted by atomic mass is 10.3. The van der Waals surface area contributed by atoms with E-state index in [0.717, 1.165) is 76.0 Å². The predicted octanol–water partition coefficient (Wildman–Crippen LogP) is 4.49. The summed E-state index contributed by atoms with van der Waals surface area (Å²) in [5.41, 5.74) is 0.946. The van der Waals surface area contributed by atoms with Crippen molar-refractivity contribution < 1.29 is 24.5 Å². The number of benzene rings is 1. The smallest absolute Gasteiger partial charge is 0.345 e. The number of nitrogens with zero attached hydrogens (tertiary/aromatic N) is 5. The molecule has 2 aromatic heterocycles. The van der Waals surface area contributed by atoms with E-state index in [1.807, 2.05) is 26.1 Å². The molecule has 1 aromatic carbocycles. The maximum absolute atomic E-state index is 12.6. The van der Waals surface area contributed by atoms with Crippen LogP contribution in [0.2, 0.25) is 0 Å². The van der Waals surface area contributed by atoms with Crippen LogP contribution in [-0.4, -0.2) is 84.6 Å². The largest absolute Gasteiger partial charge is 0.462 e. The number of hydrogen-bond donors (Lipinski definition) is 1. The fraction of sp³-hybridized carbons (Fsp3) is 0.519. The Morgan fingerprint density at radius 3 is 2.29 bits per heavy atom. The van der Waals surface area contributed by atoms with Crippen molar-refractivity contribution in [2.45, 2.75) is 33.6 Å². The number of rotatable bonds is 7. The normalized spacial score (nSPS) is 15.3. The average molecular weight is 535 g/mol. The number of anilines is 2. The Kier molecular flexibility index (Phi) is 11.7. The molecule has 3 aromatic rings. The third kappa shape index (κ3) is 8.09. The van der Waals surface area contributed by atoms with Crippen LogP contribution in [0.3, 0.4) is 0 Å². The number of carbonyl (C=O) groups is 1. The fourth-order valence-electron chi connectivity index (χ4n) is 4.14. The molecule has 0 unspecified atom stereocenters. The van der Waals surface area contributed by atoms with E-state index in [1.54, 1.807) is 11.4 Å². The van der Waals surface area contributed by atoms with Crippen LogP contribution in [0, 0.1) is 11.6 Å². The Morgan fingerprint density at radius 2 is 1.68 bits per heavy atom. The zero-order valence-corrected chi connectivity index (χ0v) is 22.5. The molecule has 0 atom stereocenters. The van der Waals surface area contributed by atoms with Gasteiger partial charge in [0.05, 0.1) is 19.8 Å². The van der Waals surface area contributed by atoms with Crippen LogP contribution in [0.4, 0.5) is 20.4 Å². The maximum atomic E-state index is 12.6. The molecule has 0 saturated carbocycles. The minimum absolute atomic E-state index is 0. The lowest BCUT2D eigenvalue weighted by molar-refractivity contribution is 0.0398. The van der Waals surface area contributed by atoms with Crippen LogP contribution < -0.4 is 10.2 Å². The number of halogens is 2. The first kappa shape index (κ1) is 29.2. The highest BCUT2D eigenvalue weighted by Gasteiger charge is 2.24. The van der Waals surface area contributed by atoms with Crippen LogP contribution >= 0.6 is 0 Å². The van der Waals surface area contributed by atoms with Crippen LogP contribution in [0.5, 0.6) is 0 Å². The predicted molar refractivity (Wildman–Crippen MR) is 146 cm³/mol. The molecule has 11 heteroatoms. The summed E-state index contributed by atoms with van der Waals surface area (Å²) in [5, 5.41) is 7.86. The number of fused-ring (bicyclic) bond motifs is 1. The van der Waals surface area contributed by atoms with Crippen molar-refractivity contribution in [1.82, 2.24) is 19.5 Å². The maximum Gasteiger partial charge on any atom is 0.345 e. The Bertz CT molecular complexity index is 1120. The molecule has 0 bridgehead atoms. The first-order chi connectivity index (χ1) is 18.5. The summed E-state index contributed by atoms with van der Waals surface area (Å²) in [6.45, 7) is 13.1. The summed E-state index contributed by atoms with van der Waals surface area (Å²) in [7, 11) is 0. The van der Waals surface area contributed by atoms with E-state index in [1.165, 1.54) is 12.8 Å². The third-order valence-electron chi connectivity index (χ3n) is 6.01.